The minimum absolute atomic E-state index is 0.135. The largest absolute Gasteiger partial charge is 0.317 e. The number of hydrogen-bond donors (Lipinski definition) is 2. The van der Waals surface area contributed by atoms with Crippen molar-refractivity contribution in [3.8, 4) is 0 Å². The molecule has 22 heavy (non-hydrogen) atoms. The highest BCUT2D eigenvalue weighted by Gasteiger charge is 2.29. The molecule has 1 aromatic rings. The van der Waals surface area contributed by atoms with Crippen LogP contribution in [-0.2, 0) is 4.79 Å². The van der Waals surface area contributed by atoms with Gasteiger partial charge >= 0.3 is 0 Å². The lowest BCUT2D eigenvalue weighted by Crippen LogP contribution is -2.27. The van der Waals surface area contributed by atoms with Crippen LogP contribution in [0.25, 0.3) is 0 Å². The van der Waals surface area contributed by atoms with Crippen LogP contribution in [-0.4, -0.2) is 24.0 Å². The van der Waals surface area contributed by atoms with E-state index in [0.717, 1.165) is 18.2 Å². The molecule has 1 saturated heterocycles. The van der Waals surface area contributed by atoms with Gasteiger partial charge in [-0.2, -0.15) is 0 Å². The minimum Gasteiger partial charge on any atom is -0.317 e. The number of aromatic nitrogens is 1. The van der Waals surface area contributed by atoms with Gasteiger partial charge in [0, 0.05) is 17.5 Å². The van der Waals surface area contributed by atoms with Crippen molar-refractivity contribution in [3.63, 3.8) is 0 Å². The number of carbonyl (C=O) groups excluding carboxylic acids is 1. The van der Waals surface area contributed by atoms with E-state index in [-0.39, 0.29) is 11.3 Å². The maximum atomic E-state index is 12.3. The molecule has 1 saturated carbocycles. The Morgan fingerprint density at radius 3 is 2.82 bits per heavy atom. The first-order valence-corrected chi connectivity index (χ1v) is 9.43. The molecule has 5 heteroatoms. The third-order valence-corrected chi connectivity index (χ3v) is 6.23. The number of rotatable bonds is 4. The van der Waals surface area contributed by atoms with Crippen LogP contribution in [0.4, 0.5) is 5.13 Å². The lowest BCUT2D eigenvalue weighted by molar-refractivity contribution is -0.118. The Labute approximate surface area is 137 Å². The average molecular weight is 321 g/mol. The van der Waals surface area contributed by atoms with Gasteiger partial charge in [-0.1, -0.05) is 26.2 Å². The fourth-order valence-corrected chi connectivity index (χ4v) is 4.77. The molecule has 3 rings (SSSR count). The van der Waals surface area contributed by atoms with Crippen LogP contribution in [0.1, 0.15) is 69.1 Å². The molecule has 2 fully saturated rings. The number of nitrogens with one attached hydrogen (secondary N) is 2. The number of nitrogens with zero attached hydrogens (tertiary/aromatic N) is 1. The summed E-state index contributed by atoms with van der Waals surface area (Å²) in [6, 6.07) is 0. The Balaban J connectivity index is 1.54. The van der Waals surface area contributed by atoms with Crippen molar-refractivity contribution in [2.75, 3.05) is 18.4 Å². The van der Waals surface area contributed by atoms with Gasteiger partial charge in [-0.25, -0.2) is 4.98 Å². The minimum atomic E-state index is 0.135. The van der Waals surface area contributed by atoms with Crippen LogP contribution in [0.2, 0.25) is 0 Å². The van der Waals surface area contributed by atoms with E-state index in [1.807, 2.05) is 6.20 Å². The molecule has 1 aliphatic heterocycles. The van der Waals surface area contributed by atoms with Gasteiger partial charge < -0.3 is 10.6 Å². The van der Waals surface area contributed by atoms with Crippen molar-refractivity contribution < 1.29 is 4.79 Å². The Bertz CT molecular complexity index is 502. The Morgan fingerprint density at radius 2 is 2.09 bits per heavy atom. The summed E-state index contributed by atoms with van der Waals surface area (Å²) in [7, 11) is 0. The Hall–Kier alpha value is -0.940. The molecule has 4 nitrogen and oxygen atoms in total. The number of hydrogen-bond acceptors (Lipinski definition) is 4. The number of carbonyl (C=O) groups is 1. The molecule has 1 aromatic heterocycles. The van der Waals surface area contributed by atoms with E-state index in [1.54, 1.807) is 11.3 Å². The SMILES string of the molecule is CC1(CC(=O)Nc2ncc(C3CCNCC3)s2)CCCCC1. The molecule has 1 aliphatic carbocycles. The van der Waals surface area contributed by atoms with E-state index in [2.05, 4.69) is 22.5 Å². The van der Waals surface area contributed by atoms with Gasteiger partial charge in [0.1, 0.15) is 0 Å². The van der Waals surface area contributed by atoms with E-state index >= 15 is 0 Å². The van der Waals surface area contributed by atoms with E-state index < -0.39 is 0 Å². The maximum absolute atomic E-state index is 12.3. The predicted octanol–water partition coefficient (Wildman–Crippen LogP) is 3.91. The second kappa shape index (κ2) is 7.09. The normalized spacial score (nSPS) is 22.4. The molecule has 2 heterocycles. The van der Waals surface area contributed by atoms with Gasteiger partial charge in [0.2, 0.25) is 5.91 Å². The number of piperidine rings is 1. The van der Waals surface area contributed by atoms with E-state index in [0.29, 0.717) is 12.3 Å². The third kappa shape index (κ3) is 4.07. The van der Waals surface area contributed by atoms with E-state index in [9.17, 15) is 4.79 Å². The summed E-state index contributed by atoms with van der Waals surface area (Å²) in [4.78, 5) is 18.1. The molecular formula is C17H27N3OS. The fraction of sp³-hybridized carbons (Fsp3) is 0.765. The van der Waals surface area contributed by atoms with Crippen molar-refractivity contribution in [1.29, 1.82) is 0 Å². The zero-order valence-corrected chi connectivity index (χ0v) is 14.3. The molecular weight excluding hydrogens is 294 g/mol. The molecule has 0 unspecified atom stereocenters. The fourth-order valence-electron chi connectivity index (χ4n) is 3.77. The smallest absolute Gasteiger partial charge is 0.226 e. The van der Waals surface area contributed by atoms with Gasteiger partial charge in [-0.3, -0.25) is 4.79 Å². The predicted molar refractivity (Wildman–Crippen MR) is 91.4 cm³/mol. The standard InChI is InChI=1S/C17H27N3OS/c1-17(7-3-2-4-8-17)11-15(21)20-16-19-12-14(22-16)13-5-9-18-10-6-13/h12-13,18H,2-11H2,1H3,(H,19,20,21). The highest BCUT2D eigenvalue weighted by molar-refractivity contribution is 7.15. The molecule has 2 aliphatic rings. The van der Waals surface area contributed by atoms with Crippen molar-refractivity contribution in [2.45, 2.75) is 64.2 Å². The molecule has 0 aromatic carbocycles. The van der Waals surface area contributed by atoms with Gasteiger partial charge in [0.25, 0.3) is 0 Å². The van der Waals surface area contributed by atoms with Crippen LogP contribution >= 0.6 is 11.3 Å². The third-order valence-electron chi connectivity index (χ3n) is 5.16. The van der Waals surface area contributed by atoms with E-state index in [1.165, 1.54) is 49.8 Å². The Kier molecular flexibility index (Phi) is 5.14. The van der Waals surface area contributed by atoms with Gasteiger partial charge in [0.05, 0.1) is 0 Å². The molecule has 1 amide bonds. The first-order chi connectivity index (χ1) is 10.6. The van der Waals surface area contributed by atoms with Gasteiger partial charge in [-0.15, -0.1) is 11.3 Å². The summed E-state index contributed by atoms with van der Waals surface area (Å²) in [6.45, 7) is 4.43. The summed E-state index contributed by atoms with van der Waals surface area (Å²) < 4.78 is 0. The van der Waals surface area contributed by atoms with Crippen LogP contribution in [0.3, 0.4) is 0 Å². The highest BCUT2D eigenvalue weighted by Crippen LogP contribution is 2.39. The van der Waals surface area contributed by atoms with Crippen molar-refractivity contribution in [2.24, 2.45) is 5.41 Å². The highest BCUT2D eigenvalue weighted by atomic mass is 32.1. The second-order valence-electron chi connectivity index (χ2n) is 7.19. The van der Waals surface area contributed by atoms with Crippen LogP contribution < -0.4 is 10.6 Å². The molecule has 0 bridgehead atoms. The first-order valence-electron chi connectivity index (χ1n) is 8.61. The maximum Gasteiger partial charge on any atom is 0.226 e. The van der Waals surface area contributed by atoms with Gasteiger partial charge in [-0.05, 0) is 50.1 Å². The van der Waals surface area contributed by atoms with Crippen molar-refractivity contribution in [3.05, 3.63) is 11.1 Å². The first kappa shape index (κ1) is 15.9. The summed E-state index contributed by atoms with van der Waals surface area (Å²) in [5.74, 6) is 0.746. The lowest BCUT2D eigenvalue weighted by Gasteiger charge is -2.32. The monoisotopic (exact) mass is 321 g/mol. The second-order valence-corrected chi connectivity index (χ2v) is 8.25. The lowest BCUT2D eigenvalue weighted by atomic mass is 9.73. The zero-order chi connectivity index (χ0) is 15.4. The average Bonchev–Trinajstić information content (AvgIpc) is 2.96. The summed E-state index contributed by atoms with van der Waals surface area (Å²) >= 11 is 1.66. The van der Waals surface area contributed by atoms with Crippen LogP contribution in [0.5, 0.6) is 0 Å². The molecule has 0 radical (unpaired) electrons. The molecule has 122 valence electrons. The Morgan fingerprint density at radius 1 is 1.36 bits per heavy atom. The van der Waals surface area contributed by atoms with E-state index in [4.69, 9.17) is 0 Å². The zero-order valence-electron chi connectivity index (χ0n) is 13.5. The summed E-state index contributed by atoms with van der Waals surface area (Å²) in [5, 5.41) is 7.19. The number of thiazole rings is 1. The molecule has 0 spiro atoms. The molecule has 0 atom stereocenters. The molecule has 2 N–H and O–H groups in total. The summed E-state index contributed by atoms with van der Waals surface area (Å²) in [6.07, 6.45) is 11.2. The van der Waals surface area contributed by atoms with Crippen LogP contribution in [0.15, 0.2) is 6.20 Å². The quantitative estimate of drug-likeness (QED) is 0.884. The van der Waals surface area contributed by atoms with Gasteiger partial charge in [0.15, 0.2) is 5.13 Å². The number of amides is 1. The summed E-state index contributed by atoms with van der Waals surface area (Å²) in [5.41, 5.74) is 0.192. The van der Waals surface area contributed by atoms with Crippen LogP contribution in [0, 0.1) is 5.41 Å². The van der Waals surface area contributed by atoms with Crippen molar-refractivity contribution in [1.82, 2.24) is 10.3 Å². The topological polar surface area (TPSA) is 54.0 Å². The van der Waals surface area contributed by atoms with Crippen molar-refractivity contribution >= 4 is 22.4 Å². The number of anilines is 1.